The summed E-state index contributed by atoms with van der Waals surface area (Å²) in [4.78, 5) is 7.67. The molecule has 1 unspecified atom stereocenters. The molecule has 2 aromatic rings. The number of hydrogen-bond donors (Lipinski definition) is 1. The predicted molar refractivity (Wildman–Crippen MR) is 70.0 cm³/mol. The second kappa shape index (κ2) is 6.19. The molecule has 0 aliphatic carbocycles. The van der Waals surface area contributed by atoms with Crippen LogP contribution >= 0.6 is 0 Å². The zero-order valence-electron chi connectivity index (χ0n) is 11.5. The normalized spacial score (nSPS) is 13.6. The van der Waals surface area contributed by atoms with Gasteiger partial charge in [-0.2, -0.15) is 10.1 Å². The van der Waals surface area contributed by atoms with E-state index < -0.39 is 6.43 Å². The van der Waals surface area contributed by atoms with Crippen LogP contribution in [-0.4, -0.2) is 38.2 Å². The Balaban J connectivity index is 2.21. The van der Waals surface area contributed by atoms with E-state index in [4.69, 9.17) is 5.84 Å². The largest absolute Gasteiger partial charge is 0.280 e. The molecule has 0 spiro atoms. The van der Waals surface area contributed by atoms with Gasteiger partial charge in [0.1, 0.15) is 12.0 Å². The van der Waals surface area contributed by atoms with E-state index in [0.717, 1.165) is 13.0 Å². The summed E-state index contributed by atoms with van der Waals surface area (Å²) < 4.78 is 27.2. The van der Waals surface area contributed by atoms with Crippen molar-refractivity contribution in [3.8, 4) is 0 Å². The Bertz CT molecular complexity index is 568. The third-order valence-electron chi connectivity index (χ3n) is 3.10. The average Bonchev–Trinajstić information content (AvgIpc) is 2.84. The highest BCUT2D eigenvalue weighted by atomic mass is 19.3. The topological polar surface area (TPSA) is 72.3 Å². The van der Waals surface area contributed by atoms with Crippen molar-refractivity contribution in [3.63, 3.8) is 0 Å². The van der Waals surface area contributed by atoms with Crippen molar-refractivity contribution >= 4 is 5.78 Å². The smallest absolute Gasteiger partial charge is 0.269 e. The Morgan fingerprint density at radius 2 is 2.20 bits per heavy atom. The van der Waals surface area contributed by atoms with Gasteiger partial charge in [-0.1, -0.05) is 6.92 Å². The number of aromatic nitrogens is 4. The fraction of sp³-hybridized carbons (Fsp3) is 0.583. The highest BCUT2D eigenvalue weighted by Gasteiger charge is 2.16. The van der Waals surface area contributed by atoms with Crippen LogP contribution < -0.4 is 5.84 Å². The summed E-state index contributed by atoms with van der Waals surface area (Å²) in [5.41, 5.74) is 0.429. The Kier molecular flexibility index (Phi) is 4.56. The summed E-state index contributed by atoms with van der Waals surface area (Å²) in [6, 6.07) is 1.40. The van der Waals surface area contributed by atoms with E-state index in [1.807, 2.05) is 0 Å². The van der Waals surface area contributed by atoms with E-state index >= 15 is 0 Å². The van der Waals surface area contributed by atoms with Crippen LogP contribution in [0.3, 0.4) is 0 Å². The highest BCUT2D eigenvalue weighted by molar-refractivity contribution is 5.30. The summed E-state index contributed by atoms with van der Waals surface area (Å²) in [6.45, 7) is 2.79. The molecule has 6 nitrogen and oxygen atoms in total. The Labute approximate surface area is 115 Å². The van der Waals surface area contributed by atoms with Crippen LogP contribution in [0.15, 0.2) is 12.4 Å². The van der Waals surface area contributed by atoms with Crippen LogP contribution in [0, 0.1) is 5.92 Å². The molecule has 2 aromatic heterocycles. The zero-order chi connectivity index (χ0) is 14.7. The molecule has 0 bridgehead atoms. The molecular weight excluding hydrogens is 266 g/mol. The number of nitrogens with zero attached hydrogens (tertiary/aromatic N) is 5. The third-order valence-corrected chi connectivity index (χ3v) is 3.10. The van der Waals surface area contributed by atoms with Gasteiger partial charge in [0.15, 0.2) is 0 Å². The van der Waals surface area contributed by atoms with E-state index in [0.29, 0.717) is 18.0 Å². The second-order valence-corrected chi connectivity index (χ2v) is 5.02. The number of hydrogen-bond acceptors (Lipinski definition) is 5. The number of rotatable bonds is 6. The molecule has 0 saturated carbocycles. The molecular formula is C12H18F2N6. The molecule has 0 aliphatic rings. The standard InChI is InChI=1S/C12H18F2N6/c1-8(3-4-19(2)15)5-9-6-10(11(13)14)18-12-16-7-17-20(9)12/h6-8,11H,3-5,15H2,1-2H3. The van der Waals surface area contributed by atoms with Crippen LogP contribution in [-0.2, 0) is 6.42 Å². The molecule has 0 aliphatic heterocycles. The number of hydrazine groups is 1. The molecule has 0 fully saturated rings. The molecule has 110 valence electrons. The lowest BCUT2D eigenvalue weighted by Crippen LogP contribution is -2.28. The van der Waals surface area contributed by atoms with Gasteiger partial charge in [0.25, 0.3) is 12.2 Å². The van der Waals surface area contributed by atoms with Crippen LogP contribution in [0.5, 0.6) is 0 Å². The Morgan fingerprint density at radius 1 is 1.45 bits per heavy atom. The van der Waals surface area contributed by atoms with Gasteiger partial charge in [-0.3, -0.25) is 10.9 Å². The fourth-order valence-electron chi connectivity index (χ4n) is 2.03. The number of alkyl halides is 2. The van der Waals surface area contributed by atoms with Gasteiger partial charge < -0.3 is 0 Å². The molecule has 0 aromatic carbocycles. The molecule has 0 amide bonds. The molecule has 0 saturated heterocycles. The minimum atomic E-state index is -2.61. The van der Waals surface area contributed by atoms with Crippen molar-refractivity contribution in [1.82, 2.24) is 24.6 Å². The minimum absolute atomic E-state index is 0.209. The maximum atomic E-state index is 12.8. The van der Waals surface area contributed by atoms with Crippen LogP contribution in [0.25, 0.3) is 5.78 Å². The van der Waals surface area contributed by atoms with E-state index in [1.54, 1.807) is 12.1 Å². The van der Waals surface area contributed by atoms with Crippen LogP contribution in [0.4, 0.5) is 8.78 Å². The number of nitrogens with two attached hydrogens (primary N) is 1. The van der Waals surface area contributed by atoms with Crippen LogP contribution in [0.2, 0.25) is 0 Å². The lowest BCUT2D eigenvalue weighted by Gasteiger charge is -2.15. The van der Waals surface area contributed by atoms with Gasteiger partial charge in [0.05, 0.1) is 0 Å². The van der Waals surface area contributed by atoms with Crippen molar-refractivity contribution in [3.05, 3.63) is 23.8 Å². The first kappa shape index (κ1) is 14.7. The van der Waals surface area contributed by atoms with Crippen molar-refractivity contribution in [2.45, 2.75) is 26.2 Å². The fourth-order valence-corrected chi connectivity index (χ4v) is 2.03. The quantitative estimate of drug-likeness (QED) is 0.642. The average molecular weight is 284 g/mol. The first-order valence-electron chi connectivity index (χ1n) is 6.41. The maximum absolute atomic E-state index is 12.8. The third kappa shape index (κ3) is 3.45. The lowest BCUT2D eigenvalue weighted by atomic mass is 10.0. The van der Waals surface area contributed by atoms with Gasteiger partial charge in [0, 0.05) is 19.3 Å². The first-order chi connectivity index (χ1) is 9.47. The summed E-state index contributed by atoms with van der Waals surface area (Å²) in [6.07, 6.45) is 0.200. The summed E-state index contributed by atoms with van der Waals surface area (Å²) in [5.74, 6) is 6.07. The van der Waals surface area contributed by atoms with E-state index in [-0.39, 0.29) is 11.5 Å². The van der Waals surface area contributed by atoms with Gasteiger partial charge in [-0.25, -0.2) is 18.3 Å². The van der Waals surface area contributed by atoms with Crippen LogP contribution in [0.1, 0.15) is 31.2 Å². The molecule has 1 atom stereocenters. The summed E-state index contributed by atoms with van der Waals surface area (Å²) >= 11 is 0. The van der Waals surface area contributed by atoms with Crippen molar-refractivity contribution in [1.29, 1.82) is 0 Å². The van der Waals surface area contributed by atoms with Crippen molar-refractivity contribution < 1.29 is 8.78 Å². The van der Waals surface area contributed by atoms with Crippen molar-refractivity contribution in [2.24, 2.45) is 11.8 Å². The van der Waals surface area contributed by atoms with E-state index in [2.05, 4.69) is 22.0 Å². The van der Waals surface area contributed by atoms with Crippen molar-refractivity contribution in [2.75, 3.05) is 13.6 Å². The van der Waals surface area contributed by atoms with Gasteiger partial charge in [-0.15, -0.1) is 0 Å². The summed E-state index contributed by atoms with van der Waals surface area (Å²) in [7, 11) is 1.80. The van der Waals surface area contributed by atoms with E-state index in [1.165, 1.54) is 16.9 Å². The molecule has 2 N–H and O–H groups in total. The monoisotopic (exact) mass is 284 g/mol. The zero-order valence-corrected chi connectivity index (χ0v) is 11.5. The molecule has 8 heteroatoms. The SMILES string of the molecule is CC(CCN(C)N)Cc1cc(C(F)F)nc2ncnn12. The summed E-state index contributed by atoms with van der Waals surface area (Å²) in [5, 5.41) is 5.64. The minimum Gasteiger partial charge on any atom is -0.269 e. The second-order valence-electron chi connectivity index (χ2n) is 5.02. The highest BCUT2D eigenvalue weighted by Crippen LogP contribution is 2.20. The molecule has 2 rings (SSSR count). The number of fused-ring (bicyclic) bond motifs is 1. The number of halogens is 2. The van der Waals surface area contributed by atoms with Gasteiger partial charge >= 0.3 is 0 Å². The predicted octanol–water partition coefficient (Wildman–Crippen LogP) is 1.44. The Morgan fingerprint density at radius 3 is 2.85 bits per heavy atom. The first-order valence-corrected chi connectivity index (χ1v) is 6.41. The Hall–Kier alpha value is -1.67. The van der Waals surface area contributed by atoms with Gasteiger partial charge in [-0.05, 0) is 24.8 Å². The van der Waals surface area contributed by atoms with E-state index in [9.17, 15) is 8.78 Å². The molecule has 2 heterocycles. The molecule has 0 radical (unpaired) electrons. The lowest BCUT2D eigenvalue weighted by molar-refractivity contribution is 0.146. The van der Waals surface area contributed by atoms with Gasteiger partial charge in [0.2, 0.25) is 0 Å². The molecule has 20 heavy (non-hydrogen) atoms. The maximum Gasteiger partial charge on any atom is 0.280 e.